The Balaban J connectivity index is 2.15. The number of benzene rings is 1. The lowest BCUT2D eigenvalue weighted by Gasteiger charge is -2.11. The minimum atomic E-state index is -0.155. The molecule has 5 nitrogen and oxygen atoms in total. The summed E-state index contributed by atoms with van der Waals surface area (Å²) < 4.78 is 6.09. The van der Waals surface area contributed by atoms with E-state index in [1.165, 1.54) is 6.33 Å². The number of hydrogen-bond donors (Lipinski definition) is 2. The number of halogens is 1. The zero-order chi connectivity index (χ0) is 13.8. The number of nitrogens with one attached hydrogen (secondary N) is 2. The molecule has 2 N–H and O–H groups in total. The molecule has 100 valence electrons. The first-order valence-electron chi connectivity index (χ1n) is 5.83. The molecule has 0 atom stereocenters. The second-order valence-corrected chi connectivity index (χ2v) is 5.29. The summed E-state index contributed by atoms with van der Waals surface area (Å²) in [7, 11) is 0. The number of anilines is 2. The molecule has 0 saturated carbocycles. The van der Waals surface area contributed by atoms with E-state index in [9.17, 15) is 4.79 Å². The topological polar surface area (TPSA) is 67.0 Å². The largest absolute Gasteiger partial charge is 0.491 e. The highest BCUT2D eigenvalue weighted by Crippen LogP contribution is 2.20. The Kier molecular flexibility index (Phi) is 4.41. The summed E-state index contributed by atoms with van der Waals surface area (Å²) in [5, 5.41) is 3.10. The van der Waals surface area contributed by atoms with Crippen molar-refractivity contribution in [2.45, 2.75) is 20.0 Å². The molecule has 0 aliphatic heterocycles. The second-order valence-electron chi connectivity index (χ2n) is 4.21. The van der Waals surface area contributed by atoms with Crippen molar-refractivity contribution >= 4 is 34.1 Å². The molecule has 1 heterocycles. The van der Waals surface area contributed by atoms with Crippen molar-refractivity contribution in [3.63, 3.8) is 0 Å². The number of rotatable bonds is 4. The zero-order valence-corrected chi connectivity index (χ0v) is 12.8. The van der Waals surface area contributed by atoms with Gasteiger partial charge in [0.2, 0.25) is 0 Å². The second kappa shape index (κ2) is 6.05. The quantitative estimate of drug-likeness (QED) is 0.812. The van der Waals surface area contributed by atoms with E-state index in [0.717, 1.165) is 11.4 Å². The Bertz CT molecular complexity index is 608. The summed E-state index contributed by atoms with van der Waals surface area (Å²) >= 11 is 1.96. The van der Waals surface area contributed by atoms with E-state index in [4.69, 9.17) is 4.74 Å². The van der Waals surface area contributed by atoms with Gasteiger partial charge in [0.25, 0.3) is 5.56 Å². The Morgan fingerprint density at radius 2 is 2.00 bits per heavy atom. The molecule has 1 aromatic heterocycles. The lowest BCUT2D eigenvalue weighted by atomic mass is 10.3. The monoisotopic (exact) mass is 371 g/mol. The molecule has 0 spiro atoms. The van der Waals surface area contributed by atoms with Gasteiger partial charge in [-0.2, -0.15) is 0 Å². The molecule has 0 unspecified atom stereocenters. The van der Waals surface area contributed by atoms with Gasteiger partial charge in [0.05, 0.1) is 12.4 Å². The van der Waals surface area contributed by atoms with Crippen molar-refractivity contribution in [2.75, 3.05) is 5.32 Å². The van der Waals surface area contributed by atoms with Gasteiger partial charge in [-0.3, -0.25) is 4.79 Å². The number of H-pyrrole nitrogens is 1. The van der Waals surface area contributed by atoms with E-state index in [1.807, 2.05) is 60.7 Å². The fourth-order valence-corrected chi connectivity index (χ4v) is 1.93. The maximum Gasteiger partial charge on any atom is 0.266 e. The lowest BCUT2D eigenvalue weighted by molar-refractivity contribution is 0.242. The molecule has 19 heavy (non-hydrogen) atoms. The SMILES string of the molecule is CC(C)Oc1ccc(Nc2nc[nH]c(=O)c2I)cc1. The van der Waals surface area contributed by atoms with E-state index >= 15 is 0 Å². The fourth-order valence-electron chi connectivity index (χ4n) is 1.50. The number of ether oxygens (including phenoxy) is 1. The molecular weight excluding hydrogens is 357 g/mol. The predicted molar refractivity (Wildman–Crippen MR) is 83.1 cm³/mol. The van der Waals surface area contributed by atoms with Crippen LogP contribution in [0.5, 0.6) is 5.75 Å². The van der Waals surface area contributed by atoms with Crippen molar-refractivity contribution in [1.29, 1.82) is 0 Å². The smallest absolute Gasteiger partial charge is 0.266 e. The summed E-state index contributed by atoms with van der Waals surface area (Å²) in [6.45, 7) is 3.96. The molecule has 0 bridgehead atoms. The minimum absolute atomic E-state index is 0.147. The van der Waals surface area contributed by atoms with Gasteiger partial charge in [-0.15, -0.1) is 0 Å². The van der Waals surface area contributed by atoms with Crippen LogP contribution < -0.4 is 15.6 Å². The van der Waals surface area contributed by atoms with Crippen LogP contribution in [0, 0.1) is 3.57 Å². The third-order valence-corrected chi connectivity index (χ3v) is 3.29. The van der Waals surface area contributed by atoms with Gasteiger partial charge in [0.15, 0.2) is 5.82 Å². The normalized spacial score (nSPS) is 10.5. The van der Waals surface area contributed by atoms with Crippen molar-refractivity contribution in [3.8, 4) is 5.75 Å². The van der Waals surface area contributed by atoms with Crippen LogP contribution in [0.3, 0.4) is 0 Å². The van der Waals surface area contributed by atoms with Crippen LogP contribution in [0.25, 0.3) is 0 Å². The van der Waals surface area contributed by atoms with Crippen LogP contribution in [0.15, 0.2) is 35.4 Å². The first-order valence-corrected chi connectivity index (χ1v) is 6.91. The standard InChI is InChI=1S/C13H14IN3O2/c1-8(2)19-10-5-3-9(4-6-10)17-12-11(14)13(18)16-7-15-12/h3-8H,1-2H3,(H2,15,16,17,18). The van der Waals surface area contributed by atoms with Gasteiger partial charge >= 0.3 is 0 Å². The van der Waals surface area contributed by atoms with Gasteiger partial charge in [-0.05, 0) is 60.7 Å². The zero-order valence-electron chi connectivity index (χ0n) is 10.6. The van der Waals surface area contributed by atoms with Crippen LogP contribution in [-0.4, -0.2) is 16.1 Å². The third kappa shape index (κ3) is 3.69. The highest BCUT2D eigenvalue weighted by Gasteiger charge is 2.05. The molecule has 2 aromatic rings. The molecule has 0 aliphatic rings. The molecule has 1 aromatic carbocycles. The van der Waals surface area contributed by atoms with E-state index in [0.29, 0.717) is 9.39 Å². The first kappa shape index (κ1) is 13.9. The van der Waals surface area contributed by atoms with E-state index in [1.54, 1.807) is 0 Å². The number of hydrogen-bond acceptors (Lipinski definition) is 4. The highest BCUT2D eigenvalue weighted by atomic mass is 127. The number of nitrogens with zero attached hydrogens (tertiary/aromatic N) is 1. The summed E-state index contributed by atoms with van der Waals surface area (Å²) in [4.78, 5) is 18.1. The Morgan fingerprint density at radius 3 is 2.63 bits per heavy atom. The number of aromatic nitrogens is 2. The molecular formula is C13H14IN3O2. The van der Waals surface area contributed by atoms with Crippen molar-refractivity contribution in [1.82, 2.24) is 9.97 Å². The van der Waals surface area contributed by atoms with E-state index in [2.05, 4.69) is 15.3 Å². The average Bonchev–Trinajstić information content (AvgIpc) is 2.37. The predicted octanol–water partition coefficient (Wildman–Crippen LogP) is 2.91. The molecule has 0 fully saturated rings. The average molecular weight is 371 g/mol. The van der Waals surface area contributed by atoms with Gasteiger partial charge in [-0.1, -0.05) is 0 Å². The summed E-state index contributed by atoms with van der Waals surface area (Å²) in [5.74, 6) is 1.36. The summed E-state index contributed by atoms with van der Waals surface area (Å²) in [6.07, 6.45) is 1.53. The highest BCUT2D eigenvalue weighted by molar-refractivity contribution is 14.1. The van der Waals surface area contributed by atoms with Crippen LogP contribution >= 0.6 is 22.6 Å². The van der Waals surface area contributed by atoms with Gasteiger partial charge < -0.3 is 15.0 Å². The summed E-state index contributed by atoms with van der Waals surface area (Å²) in [5.41, 5.74) is 0.699. The Hall–Kier alpha value is -1.57. The van der Waals surface area contributed by atoms with Crippen molar-refractivity contribution < 1.29 is 4.74 Å². The lowest BCUT2D eigenvalue weighted by Crippen LogP contribution is -2.12. The molecule has 0 radical (unpaired) electrons. The molecule has 0 saturated heterocycles. The number of aromatic amines is 1. The molecule has 0 aliphatic carbocycles. The molecule has 0 amide bonds. The molecule has 2 rings (SSSR count). The third-order valence-electron chi connectivity index (χ3n) is 2.29. The van der Waals surface area contributed by atoms with Crippen LogP contribution in [0.2, 0.25) is 0 Å². The minimum Gasteiger partial charge on any atom is -0.491 e. The van der Waals surface area contributed by atoms with Crippen molar-refractivity contribution in [2.24, 2.45) is 0 Å². The van der Waals surface area contributed by atoms with Gasteiger partial charge in [0.1, 0.15) is 9.32 Å². The van der Waals surface area contributed by atoms with Crippen LogP contribution in [0.1, 0.15) is 13.8 Å². The Labute approximate surface area is 124 Å². The van der Waals surface area contributed by atoms with Gasteiger partial charge in [0, 0.05) is 5.69 Å². The maximum absolute atomic E-state index is 11.4. The van der Waals surface area contributed by atoms with Crippen LogP contribution in [0.4, 0.5) is 11.5 Å². The Morgan fingerprint density at radius 1 is 1.32 bits per heavy atom. The first-order chi connectivity index (χ1) is 9.06. The molecule has 6 heteroatoms. The van der Waals surface area contributed by atoms with Crippen molar-refractivity contribution in [3.05, 3.63) is 44.5 Å². The summed E-state index contributed by atoms with van der Waals surface area (Å²) in [6, 6.07) is 7.53. The fraction of sp³-hybridized carbons (Fsp3) is 0.231. The maximum atomic E-state index is 11.4. The van der Waals surface area contributed by atoms with Gasteiger partial charge in [-0.25, -0.2) is 4.98 Å². The van der Waals surface area contributed by atoms with E-state index in [-0.39, 0.29) is 11.7 Å². The van der Waals surface area contributed by atoms with Crippen LogP contribution in [-0.2, 0) is 0 Å². The van der Waals surface area contributed by atoms with E-state index < -0.39 is 0 Å².